The van der Waals surface area contributed by atoms with Crippen LogP contribution in [0.15, 0.2) is 30.3 Å². The van der Waals surface area contributed by atoms with Crippen molar-refractivity contribution in [2.75, 3.05) is 26.8 Å². The Morgan fingerprint density at radius 2 is 2.04 bits per heavy atom. The monoisotopic (exact) mass is 372 g/mol. The first-order chi connectivity index (χ1) is 13.0. The minimum Gasteiger partial charge on any atom is -0.481 e. The average Bonchev–Trinajstić information content (AvgIpc) is 3.03. The number of amides is 1. The quantitative estimate of drug-likeness (QED) is 0.824. The Balaban J connectivity index is 1.74. The predicted molar refractivity (Wildman–Crippen MR) is 97.6 cm³/mol. The lowest BCUT2D eigenvalue weighted by Crippen LogP contribution is -2.52. The van der Waals surface area contributed by atoms with Gasteiger partial charge in [-0.05, 0) is 31.9 Å². The molecular weight excluding hydrogens is 348 g/mol. The number of benzene rings is 1. The summed E-state index contributed by atoms with van der Waals surface area (Å²) in [6.07, 6.45) is 1.24. The van der Waals surface area contributed by atoms with Gasteiger partial charge in [-0.3, -0.25) is 9.59 Å². The van der Waals surface area contributed by atoms with E-state index in [-0.39, 0.29) is 25.5 Å². The van der Waals surface area contributed by atoms with Crippen LogP contribution < -0.4 is 0 Å². The first-order valence-electron chi connectivity index (χ1n) is 8.93. The zero-order valence-corrected chi connectivity index (χ0v) is 15.6. The van der Waals surface area contributed by atoms with Crippen LogP contribution in [0.3, 0.4) is 0 Å². The molecule has 144 valence electrons. The Morgan fingerprint density at radius 3 is 2.70 bits per heavy atom. The third-order valence-electron chi connectivity index (χ3n) is 5.11. The Kier molecular flexibility index (Phi) is 5.55. The molecule has 1 saturated heterocycles. The zero-order chi connectivity index (χ0) is 19.4. The molecule has 2 heterocycles. The normalized spacial score (nSPS) is 19.9. The second-order valence-corrected chi connectivity index (χ2v) is 6.98. The summed E-state index contributed by atoms with van der Waals surface area (Å²) in [6.45, 7) is 2.66. The van der Waals surface area contributed by atoms with E-state index in [4.69, 9.17) is 4.74 Å². The summed E-state index contributed by atoms with van der Waals surface area (Å²) < 4.78 is 6.82. The standard InChI is InChI=1S/C19H24N4O4/c1-14-16(20-21-23(14)15-7-4-3-5-8-15)11-17(24)22-10-6-9-19(12-22,13-27-2)18(25)26/h3-5,7-8H,6,9-13H2,1-2H3,(H,25,26). The second kappa shape index (κ2) is 7.87. The van der Waals surface area contributed by atoms with E-state index < -0.39 is 11.4 Å². The van der Waals surface area contributed by atoms with Crippen molar-refractivity contribution in [3.63, 3.8) is 0 Å². The van der Waals surface area contributed by atoms with Gasteiger partial charge in [0.05, 0.1) is 30.1 Å². The lowest BCUT2D eigenvalue weighted by Gasteiger charge is -2.39. The SMILES string of the molecule is COCC1(C(=O)O)CCCN(C(=O)Cc2nnn(-c3ccccc3)c2C)C1. The van der Waals surface area contributed by atoms with E-state index in [1.54, 1.807) is 9.58 Å². The molecule has 0 saturated carbocycles. The number of carbonyl (C=O) groups is 2. The van der Waals surface area contributed by atoms with Gasteiger partial charge in [-0.1, -0.05) is 23.4 Å². The van der Waals surface area contributed by atoms with Gasteiger partial charge in [0.15, 0.2) is 0 Å². The summed E-state index contributed by atoms with van der Waals surface area (Å²) in [5, 5.41) is 18.0. The third-order valence-corrected chi connectivity index (χ3v) is 5.11. The number of para-hydroxylation sites is 1. The van der Waals surface area contributed by atoms with Gasteiger partial charge in [0.25, 0.3) is 0 Å². The number of piperidine rings is 1. The molecule has 1 aliphatic heterocycles. The van der Waals surface area contributed by atoms with E-state index in [0.717, 1.165) is 11.4 Å². The first kappa shape index (κ1) is 19.0. The number of methoxy groups -OCH3 is 1. The third kappa shape index (κ3) is 3.85. The van der Waals surface area contributed by atoms with Crippen molar-refractivity contribution in [2.24, 2.45) is 5.41 Å². The summed E-state index contributed by atoms with van der Waals surface area (Å²) in [6, 6.07) is 9.59. The fourth-order valence-electron chi connectivity index (χ4n) is 3.57. The van der Waals surface area contributed by atoms with Crippen molar-refractivity contribution in [1.29, 1.82) is 0 Å². The van der Waals surface area contributed by atoms with Crippen molar-refractivity contribution >= 4 is 11.9 Å². The Labute approximate surface area is 157 Å². The summed E-state index contributed by atoms with van der Waals surface area (Å²) in [4.78, 5) is 26.2. The molecule has 8 heteroatoms. The van der Waals surface area contributed by atoms with E-state index >= 15 is 0 Å². The lowest BCUT2D eigenvalue weighted by molar-refractivity contribution is -0.159. The molecule has 1 aliphatic rings. The maximum atomic E-state index is 12.8. The number of carboxylic acids is 1. The second-order valence-electron chi connectivity index (χ2n) is 6.98. The van der Waals surface area contributed by atoms with E-state index in [0.29, 0.717) is 25.1 Å². The molecule has 1 N–H and O–H groups in total. The highest BCUT2D eigenvalue weighted by atomic mass is 16.5. The maximum Gasteiger partial charge on any atom is 0.313 e. The van der Waals surface area contributed by atoms with Gasteiger partial charge in [-0.15, -0.1) is 5.10 Å². The fourth-order valence-corrected chi connectivity index (χ4v) is 3.57. The Hall–Kier alpha value is -2.74. The number of likely N-dealkylation sites (tertiary alicyclic amines) is 1. The number of aliphatic carboxylic acids is 1. The first-order valence-corrected chi connectivity index (χ1v) is 8.93. The lowest BCUT2D eigenvalue weighted by atomic mass is 9.80. The van der Waals surface area contributed by atoms with Crippen molar-refractivity contribution in [2.45, 2.75) is 26.2 Å². The van der Waals surface area contributed by atoms with E-state index in [1.807, 2.05) is 37.3 Å². The van der Waals surface area contributed by atoms with Gasteiger partial charge in [0.1, 0.15) is 5.41 Å². The molecule has 1 aromatic carbocycles. The molecular formula is C19H24N4O4. The summed E-state index contributed by atoms with van der Waals surface area (Å²) >= 11 is 0. The highest BCUT2D eigenvalue weighted by Crippen LogP contribution is 2.31. The van der Waals surface area contributed by atoms with Crippen LogP contribution in [0.1, 0.15) is 24.2 Å². The van der Waals surface area contributed by atoms with E-state index in [2.05, 4.69) is 10.3 Å². The molecule has 1 unspecified atom stereocenters. The van der Waals surface area contributed by atoms with Crippen molar-refractivity contribution < 1.29 is 19.4 Å². The molecule has 0 radical (unpaired) electrons. The van der Waals surface area contributed by atoms with Crippen LogP contribution in [-0.4, -0.2) is 63.7 Å². The van der Waals surface area contributed by atoms with Crippen LogP contribution in [0, 0.1) is 12.3 Å². The molecule has 1 aromatic heterocycles. The molecule has 1 atom stereocenters. The number of carboxylic acid groups (broad SMARTS) is 1. The Bertz CT molecular complexity index is 816. The molecule has 2 aromatic rings. The molecule has 1 fully saturated rings. The topological polar surface area (TPSA) is 97.6 Å². The smallest absolute Gasteiger partial charge is 0.313 e. The number of hydrogen-bond acceptors (Lipinski definition) is 5. The van der Waals surface area contributed by atoms with Gasteiger partial charge in [0.2, 0.25) is 5.91 Å². The highest BCUT2D eigenvalue weighted by molar-refractivity contribution is 5.81. The molecule has 1 amide bonds. The van der Waals surface area contributed by atoms with Gasteiger partial charge in [0, 0.05) is 20.2 Å². The molecule has 0 aliphatic carbocycles. The van der Waals surface area contributed by atoms with Crippen LogP contribution in [0.25, 0.3) is 5.69 Å². The minimum absolute atomic E-state index is 0.0926. The number of nitrogens with zero attached hydrogens (tertiary/aromatic N) is 4. The van der Waals surface area contributed by atoms with E-state index in [9.17, 15) is 14.7 Å². The largest absolute Gasteiger partial charge is 0.481 e. The van der Waals surface area contributed by atoms with E-state index in [1.165, 1.54) is 7.11 Å². The van der Waals surface area contributed by atoms with Gasteiger partial charge in [-0.25, -0.2) is 4.68 Å². The molecule has 0 bridgehead atoms. The van der Waals surface area contributed by atoms with Crippen molar-refractivity contribution in [1.82, 2.24) is 19.9 Å². The Morgan fingerprint density at radius 1 is 1.30 bits per heavy atom. The summed E-state index contributed by atoms with van der Waals surface area (Å²) in [7, 11) is 1.48. The summed E-state index contributed by atoms with van der Waals surface area (Å²) in [5.74, 6) is -1.06. The van der Waals surface area contributed by atoms with Crippen molar-refractivity contribution in [3.05, 3.63) is 41.7 Å². The minimum atomic E-state index is -1.04. The molecule has 8 nitrogen and oxygen atoms in total. The van der Waals surface area contributed by atoms with Crippen molar-refractivity contribution in [3.8, 4) is 5.69 Å². The van der Waals surface area contributed by atoms with Gasteiger partial charge >= 0.3 is 5.97 Å². The maximum absolute atomic E-state index is 12.8. The highest BCUT2D eigenvalue weighted by Gasteiger charge is 2.43. The molecule has 27 heavy (non-hydrogen) atoms. The number of aromatic nitrogens is 3. The van der Waals surface area contributed by atoms with Crippen LogP contribution in [0.4, 0.5) is 0 Å². The summed E-state index contributed by atoms with van der Waals surface area (Å²) in [5.41, 5.74) is 1.23. The van der Waals surface area contributed by atoms with Crippen LogP contribution in [-0.2, 0) is 20.7 Å². The molecule has 3 rings (SSSR count). The zero-order valence-electron chi connectivity index (χ0n) is 15.6. The van der Waals surface area contributed by atoms with Gasteiger partial charge in [-0.2, -0.15) is 0 Å². The number of hydrogen-bond donors (Lipinski definition) is 1. The fraction of sp³-hybridized carbons (Fsp3) is 0.474. The predicted octanol–water partition coefficient (Wildman–Crippen LogP) is 1.46. The van der Waals surface area contributed by atoms with Crippen LogP contribution in [0.2, 0.25) is 0 Å². The number of rotatable bonds is 6. The molecule has 0 spiro atoms. The van der Waals surface area contributed by atoms with Crippen LogP contribution >= 0.6 is 0 Å². The number of ether oxygens (including phenoxy) is 1. The average molecular weight is 372 g/mol. The number of carbonyl (C=O) groups excluding carboxylic acids is 1. The van der Waals surface area contributed by atoms with Crippen LogP contribution in [0.5, 0.6) is 0 Å². The van der Waals surface area contributed by atoms with Gasteiger partial charge < -0.3 is 14.7 Å².